The van der Waals surface area contributed by atoms with Gasteiger partial charge in [0.05, 0.1) is 4.08 Å². The van der Waals surface area contributed by atoms with Crippen molar-refractivity contribution in [2.45, 2.75) is 41.8 Å². The Morgan fingerprint density at radius 1 is 1.50 bits per heavy atom. The first-order chi connectivity index (χ1) is 5.60. The van der Waals surface area contributed by atoms with Crippen LogP contribution in [0.15, 0.2) is 12.2 Å². The molecule has 0 amide bonds. The summed E-state index contributed by atoms with van der Waals surface area (Å²) >= 11 is 4.31. The molecule has 1 heterocycles. The van der Waals surface area contributed by atoms with Crippen LogP contribution in [0.25, 0.3) is 0 Å². The molecular weight excluding hydrogens is 184 g/mol. The van der Waals surface area contributed by atoms with Crippen LogP contribution in [0.3, 0.4) is 0 Å². The third-order valence-electron chi connectivity index (χ3n) is 2.57. The monoisotopic (exact) mass is 200 g/mol. The highest BCUT2D eigenvalue weighted by Crippen LogP contribution is 2.58. The maximum Gasteiger partial charge on any atom is 0.0654 e. The van der Waals surface area contributed by atoms with E-state index >= 15 is 0 Å². The number of rotatable bonds is 2. The number of thioether (sulfide) groups is 2. The topological polar surface area (TPSA) is 0 Å². The molecular formula is C10H16S2. The molecule has 0 nitrogen and oxygen atoms in total. The van der Waals surface area contributed by atoms with Crippen molar-refractivity contribution in [1.82, 2.24) is 0 Å². The molecule has 0 N–H and O–H groups in total. The summed E-state index contributed by atoms with van der Waals surface area (Å²) in [6, 6.07) is 0. The van der Waals surface area contributed by atoms with Crippen molar-refractivity contribution in [2.75, 3.05) is 0 Å². The minimum Gasteiger partial charge on any atom is -0.141 e. The SMILES string of the molecule is CC(C)SC1(C)SC2C=CC1C2. The van der Waals surface area contributed by atoms with Crippen molar-refractivity contribution in [2.24, 2.45) is 5.92 Å². The zero-order valence-corrected chi connectivity index (χ0v) is 9.54. The molecule has 0 radical (unpaired) electrons. The highest BCUT2D eigenvalue weighted by molar-refractivity contribution is 8.19. The van der Waals surface area contributed by atoms with Crippen LogP contribution in [0.2, 0.25) is 0 Å². The van der Waals surface area contributed by atoms with Gasteiger partial charge in [-0.2, -0.15) is 0 Å². The molecule has 2 bridgehead atoms. The Morgan fingerprint density at radius 3 is 2.67 bits per heavy atom. The van der Waals surface area contributed by atoms with Gasteiger partial charge in [-0.05, 0) is 13.3 Å². The Balaban J connectivity index is 2.08. The van der Waals surface area contributed by atoms with Crippen LogP contribution in [-0.4, -0.2) is 14.6 Å². The van der Waals surface area contributed by atoms with Crippen LogP contribution < -0.4 is 0 Å². The zero-order valence-electron chi connectivity index (χ0n) is 7.91. The minimum absolute atomic E-state index is 0.480. The molecule has 2 rings (SSSR count). The molecule has 0 spiro atoms. The Hall–Kier alpha value is 0.440. The third kappa shape index (κ3) is 1.44. The predicted molar refractivity (Wildman–Crippen MR) is 59.8 cm³/mol. The molecule has 68 valence electrons. The maximum atomic E-state index is 2.43. The van der Waals surface area contributed by atoms with Gasteiger partial charge in [-0.15, -0.1) is 23.5 Å². The Kier molecular flexibility index (Phi) is 2.24. The normalized spacial score (nSPS) is 44.7. The fraction of sp³-hybridized carbons (Fsp3) is 0.800. The lowest BCUT2D eigenvalue weighted by atomic mass is 10.1. The van der Waals surface area contributed by atoms with Crippen molar-refractivity contribution >= 4 is 23.5 Å². The summed E-state index contributed by atoms with van der Waals surface area (Å²) in [7, 11) is 0. The Bertz CT molecular complexity index is 210. The maximum absolute atomic E-state index is 2.43. The van der Waals surface area contributed by atoms with Gasteiger partial charge in [0.1, 0.15) is 0 Å². The number of hydrogen-bond donors (Lipinski definition) is 0. The van der Waals surface area contributed by atoms with Gasteiger partial charge >= 0.3 is 0 Å². The Labute approximate surface area is 83.6 Å². The van der Waals surface area contributed by atoms with Gasteiger partial charge in [0.25, 0.3) is 0 Å². The summed E-state index contributed by atoms with van der Waals surface area (Å²) in [6.45, 7) is 7.01. The molecule has 3 unspecified atom stereocenters. The molecule has 2 heteroatoms. The van der Waals surface area contributed by atoms with Crippen LogP contribution in [0, 0.1) is 5.92 Å². The summed E-state index contributed by atoms with van der Waals surface area (Å²) in [5.41, 5.74) is 0. The van der Waals surface area contributed by atoms with E-state index in [0.29, 0.717) is 4.08 Å². The molecule has 1 aliphatic carbocycles. The zero-order chi connectivity index (χ0) is 8.77. The van der Waals surface area contributed by atoms with Gasteiger partial charge in [-0.1, -0.05) is 26.0 Å². The van der Waals surface area contributed by atoms with E-state index in [9.17, 15) is 0 Å². The lowest BCUT2D eigenvalue weighted by molar-refractivity contribution is 0.631. The molecule has 0 aromatic heterocycles. The summed E-state index contributed by atoms with van der Waals surface area (Å²) in [6.07, 6.45) is 6.20. The van der Waals surface area contributed by atoms with Crippen LogP contribution >= 0.6 is 23.5 Å². The molecule has 0 saturated carbocycles. The van der Waals surface area contributed by atoms with E-state index in [1.807, 2.05) is 0 Å². The molecule has 2 aliphatic rings. The van der Waals surface area contributed by atoms with Crippen molar-refractivity contribution in [3.63, 3.8) is 0 Å². The van der Waals surface area contributed by atoms with Gasteiger partial charge in [-0.25, -0.2) is 0 Å². The first-order valence-electron chi connectivity index (χ1n) is 4.64. The minimum atomic E-state index is 0.480. The first-order valence-corrected chi connectivity index (χ1v) is 6.40. The van der Waals surface area contributed by atoms with Crippen LogP contribution in [0.5, 0.6) is 0 Å². The smallest absolute Gasteiger partial charge is 0.0654 e. The fourth-order valence-electron chi connectivity index (χ4n) is 2.11. The number of hydrogen-bond acceptors (Lipinski definition) is 2. The second-order valence-corrected chi connectivity index (χ2v) is 8.04. The van der Waals surface area contributed by atoms with E-state index in [4.69, 9.17) is 0 Å². The van der Waals surface area contributed by atoms with E-state index < -0.39 is 0 Å². The highest BCUT2D eigenvalue weighted by atomic mass is 32.2. The third-order valence-corrected chi connectivity index (χ3v) is 5.82. The molecule has 0 aromatic rings. The molecule has 1 fully saturated rings. The Morgan fingerprint density at radius 2 is 2.25 bits per heavy atom. The van der Waals surface area contributed by atoms with Crippen molar-refractivity contribution in [3.8, 4) is 0 Å². The highest BCUT2D eigenvalue weighted by Gasteiger charge is 2.46. The molecule has 0 aromatic carbocycles. The molecule has 3 atom stereocenters. The molecule has 12 heavy (non-hydrogen) atoms. The predicted octanol–water partition coefficient (Wildman–Crippen LogP) is 3.54. The summed E-state index contributed by atoms with van der Waals surface area (Å²) in [5.74, 6) is 0.833. The lowest BCUT2D eigenvalue weighted by Gasteiger charge is -2.31. The number of fused-ring (bicyclic) bond motifs is 2. The van der Waals surface area contributed by atoms with Gasteiger partial charge in [-0.3, -0.25) is 0 Å². The van der Waals surface area contributed by atoms with E-state index in [2.05, 4.69) is 56.4 Å². The quantitative estimate of drug-likeness (QED) is 0.625. The van der Waals surface area contributed by atoms with Crippen molar-refractivity contribution in [1.29, 1.82) is 0 Å². The molecule has 1 aliphatic heterocycles. The van der Waals surface area contributed by atoms with Gasteiger partial charge in [0, 0.05) is 16.4 Å². The summed E-state index contributed by atoms with van der Waals surface area (Å²) in [4.78, 5) is 0. The lowest BCUT2D eigenvalue weighted by Crippen LogP contribution is -2.23. The standard InChI is InChI=1S/C10H16S2/c1-7(2)11-10(3)8-4-5-9(6-8)12-10/h4-5,7-9H,6H2,1-3H3. The second kappa shape index (κ2) is 2.98. The van der Waals surface area contributed by atoms with Gasteiger partial charge in [0.2, 0.25) is 0 Å². The number of allylic oxidation sites excluding steroid dienone is 1. The molecule has 1 saturated heterocycles. The summed E-state index contributed by atoms with van der Waals surface area (Å²) in [5, 5.41) is 1.58. The van der Waals surface area contributed by atoms with Gasteiger partial charge in [0.15, 0.2) is 0 Å². The van der Waals surface area contributed by atoms with Crippen molar-refractivity contribution in [3.05, 3.63) is 12.2 Å². The van der Waals surface area contributed by atoms with Crippen LogP contribution in [-0.2, 0) is 0 Å². The van der Waals surface area contributed by atoms with E-state index in [-0.39, 0.29) is 0 Å². The average Bonchev–Trinajstić information content (AvgIpc) is 2.42. The van der Waals surface area contributed by atoms with Crippen LogP contribution in [0.1, 0.15) is 27.2 Å². The van der Waals surface area contributed by atoms with Crippen molar-refractivity contribution < 1.29 is 0 Å². The largest absolute Gasteiger partial charge is 0.141 e. The second-order valence-electron chi connectivity index (χ2n) is 4.07. The first kappa shape index (κ1) is 9.01. The fourth-order valence-corrected chi connectivity index (χ4v) is 5.99. The van der Waals surface area contributed by atoms with E-state index in [1.165, 1.54) is 6.42 Å². The van der Waals surface area contributed by atoms with Gasteiger partial charge < -0.3 is 0 Å². The van der Waals surface area contributed by atoms with Crippen LogP contribution in [0.4, 0.5) is 0 Å². The van der Waals surface area contributed by atoms with E-state index in [1.54, 1.807) is 0 Å². The average molecular weight is 200 g/mol. The van der Waals surface area contributed by atoms with E-state index in [0.717, 1.165) is 16.4 Å². The summed E-state index contributed by atoms with van der Waals surface area (Å²) < 4.78 is 0.480.